The molecular formula is C13H10FN5OS. The van der Waals surface area contributed by atoms with E-state index in [1.54, 1.807) is 12.1 Å². The normalized spacial score (nSPS) is 12.4. The lowest BCUT2D eigenvalue weighted by molar-refractivity contribution is 0.626. The van der Waals surface area contributed by atoms with Crippen LogP contribution in [0, 0.1) is 5.82 Å². The zero-order chi connectivity index (χ0) is 15.0. The van der Waals surface area contributed by atoms with Gasteiger partial charge in [-0.05, 0) is 36.4 Å². The number of anilines is 2. The number of hydrogen-bond donors (Lipinski definition) is 2. The number of nitrogens with two attached hydrogens (primary N) is 2. The van der Waals surface area contributed by atoms with Crippen molar-refractivity contribution in [2.45, 2.75) is 9.92 Å². The van der Waals surface area contributed by atoms with Crippen molar-refractivity contribution >= 4 is 33.6 Å². The lowest BCUT2D eigenvalue weighted by atomic mass is 10.3. The first-order valence-corrected chi connectivity index (χ1v) is 7.06. The molecule has 0 aliphatic carbocycles. The van der Waals surface area contributed by atoms with Crippen molar-refractivity contribution in [3.63, 3.8) is 0 Å². The summed E-state index contributed by atoms with van der Waals surface area (Å²) in [6.07, 6.45) is 0. The number of benzene rings is 1. The van der Waals surface area contributed by atoms with Crippen LogP contribution in [0.15, 0.2) is 46.3 Å². The highest BCUT2D eigenvalue weighted by molar-refractivity contribution is 7.85. The van der Waals surface area contributed by atoms with E-state index in [1.165, 1.54) is 24.3 Å². The Kier molecular flexibility index (Phi) is 3.22. The molecule has 8 heteroatoms. The molecule has 0 saturated carbocycles. The summed E-state index contributed by atoms with van der Waals surface area (Å²) < 4.78 is 25.3. The average Bonchev–Trinajstić information content (AvgIpc) is 2.47. The Bertz CT molecular complexity index is 853. The van der Waals surface area contributed by atoms with Crippen molar-refractivity contribution in [1.82, 2.24) is 15.0 Å². The summed E-state index contributed by atoms with van der Waals surface area (Å²) in [4.78, 5) is 12.5. The van der Waals surface area contributed by atoms with Crippen LogP contribution in [0.2, 0.25) is 0 Å². The summed E-state index contributed by atoms with van der Waals surface area (Å²) in [5.41, 5.74) is 12.0. The van der Waals surface area contributed by atoms with Gasteiger partial charge >= 0.3 is 0 Å². The summed E-state index contributed by atoms with van der Waals surface area (Å²) in [5.74, 6) is -0.222. The summed E-state index contributed by atoms with van der Waals surface area (Å²) in [5, 5.41) is 0.286. The molecule has 21 heavy (non-hydrogen) atoms. The van der Waals surface area contributed by atoms with E-state index in [2.05, 4.69) is 15.0 Å². The first-order chi connectivity index (χ1) is 10.0. The summed E-state index contributed by atoms with van der Waals surface area (Å²) in [6.45, 7) is 0. The van der Waals surface area contributed by atoms with Gasteiger partial charge in [-0.2, -0.15) is 4.98 Å². The molecule has 0 fully saturated rings. The second-order valence-electron chi connectivity index (χ2n) is 4.21. The van der Waals surface area contributed by atoms with Crippen LogP contribution in [0.25, 0.3) is 11.0 Å². The third-order valence-electron chi connectivity index (χ3n) is 2.78. The zero-order valence-electron chi connectivity index (χ0n) is 10.7. The van der Waals surface area contributed by atoms with Gasteiger partial charge in [0, 0.05) is 4.90 Å². The van der Waals surface area contributed by atoms with E-state index in [0.717, 1.165) is 0 Å². The van der Waals surface area contributed by atoms with Gasteiger partial charge in [0.15, 0.2) is 5.82 Å². The topological polar surface area (TPSA) is 108 Å². The predicted molar refractivity (Wildman–Crippen MR) is 77.2 cm³/mol. The van der Waals surface area contributed by atoms with Crippen molar-refractivity contribution in [3.8, 4) is 0 Å². The fourth-order valence-corrected chi connectivity index (χ4v) is 2.81. The molecule has 1 aromatic carbocycles. The number of rotatable bonds is 2. The molecule has 4 N–H and O–H groups in total. The second kappa shape index (κ2) is 5.06. The molecule has 3 rings (SSSR count). The number of nitrogen functional groups attached to an aromatic ring is 2. The Labute approximate surface area is 121 Å². The lowest BCUT2D eigenvalue weighted by Crippen LogP contribution is -2.04. The van der Waals surface area contributed by atoms with Crippen molar-refractivity contribution in [3.05, 3.63) is 42.2 Å². The van der Waals surface area contributed by atoms with E-state index >= 15 is 0 Å². The third kappa shape index (κ3) is 2.52. The van der Waals surface area contributed by atoms with Crippen LogP contribution in [0.3, 0.4) is 0 Å². The Morgan fingerprint density at radius 2 is 1.67 bits per heavy atom. The quantitative estimate of drug-likeness (QED) is 0.742. The Hall–Kier alpha value is -2.61. The molecule has 2 aromatic heterocycles. The van der Waals surface area contributed by atoms with Crippen LogP contribution >= 0.6 is 0 Å². The first kappa shape index (κ1) is 13.4. The molecule has 0 radical (unpaired) electrons. The summed E-state index contributed by atoms with van der Waals surface area (Å²) in [6, 6.07) is 8.56. The minimum absolute atomic E-state index is 0.0502. The third-order valence-corrected chi connectivity index (χ3v) is 4.09. The largest absolute Gasteiger partial charge is 0.382 e. The van der Waals surface area contributed by atoms with E-state index in [4.69, 9.17) is 11.5 Å². The van der Waals surface area contributed by atoms with Gasteiger partial charge in [0.25, 0.3) is 0 Å². The highest BCUT2D eigenvalue weighted by Gasteiger charge is 2.12. The maximum absolute atomic E-state index is 12.9. The molecule has 6 nitrogen and oxygen atoms in total. The number of hydrogen-bond acceptors (Lipinski definition) is 6. The van der Waals surface area contributed by atoms with Crippen molar-refractivity contribution in [1.29, 1.82) is 0 Å². The minimum Gasteiger partial charge on any atom is -0.382 e. The van der Waals surface area contributed by atoms with Crippen LogP contribution in [-0.2, 0) is 10.8 Å². The second-order valence-corrected chi connectivity index (χ2v) is 5.63. The number of fused-ring (bicyclic) bond motifs is 1. The van der Waals surface area contributed by atoms with Gasteiger partial charge in [0.05, 0.1) is 5.52 Å². The van der Waals surface area contributed by atoms with Gasteiger partial charge in [0.2, 0.25) is 5.95 Å². The number of nitrogens with zero attached hydrogens (tertiary/aromatic N) is 3. The Morgan fingerprint density at radius 3 is 2.38 bits per heavy atom. The molecule has 106 valence electrons. The summed E-state index contributed by atoms with van der Waals surface area (Å²) >= 11 is 0. The molecule has 1 atom stereocenters. The van der Waals surface area contributed by atoms with Crippen molar-refractivity contribution in [2.75, 3.05) is 11.5 Å². The van der Waals surface area contributed by atoms with Gasteiger partial charge in [-0.15, -0.1) is 0 Å². The number of aromatic nitrogens is 3. The SMILES string of the molecule is Nc1nc(N)c2nc(S(=O)c3ccc(F)cc3)ccc2n1. The van der Waals surface area contributed by atoms with E-state index in [9.17, 15) is 8.60 Å². The average molecular weight is 303 g/mol. The number of halogens is 1. The molecule has 0 bridgehead atoms. The van der Waals surface area contributed by atoms with Gasteiger partial charge in [-0.1, -0.05) is 0 Å². The van der Waals surface area contributed by atoms with Crippen molar-refractivity contribution in [2.24, 2.45) is 0 Å². The van der Waals surface area contributed by atoms with E-state index in [1.807, 2.05) is 0 Å². The molecule has 0 aliphatic rings. The molecular weight excluding hydrogens is 293 g/mol. The smallest absolute Gasteiger partial charge is 0.222 e. The minimum atomic E-state index is -1.54. The van der Waals surface area contributed by atoms with Gasteiger partial charge < -0.3 is 11.5 Å². The maximum atomic E-state index is 12.9. The van der Waals surface area contributed by atoms with E-state index < -0.39 is 16.6 Å². The van der Waals surface area contributed by atoms with Crippen LogP contribution in [0.5, 0.6) is 0 Å². The summed E-state index contributed by atoms with van der Waals surface area (Å²) in [7, 11) is -1.54. The van der Waals surface area contributed by atoms with Crippen LogP contribution in [-0.4, -0.2) is 19.2 Å². The molecule has 1 unspecified atom stereocenters. The predicted octanol–water partition coefficient (Wildman–Crippen LogP) is 1.50. The highest BCUT2D eigenvalue weighted by atomic mass is 32.2. The lowest BCUT2D eigenvalue weighted by Gasteiger charge is -2.05. The van der Waals surface area contributed by atoms with Gasteiger partial charge in [-0.25, -0.2) is 18.6 Å². The fourth-order valence-electron chi connectivity index (χ4n) is 1.82. The zero-order valence-corrected chi connectivity index (χ0v) is 11.5. The van der Waals surface area contributed by atoms with Gasteiger partial charge in [0.1, 0.15) is 27.2 Å². The molecule has 0 aliphatic heterocycles. The molecule has 0 amide bonds. The molecule has 3 aromatic rings. The van der Waals surface area contributed by atoms with Crippen molar-refractivity contribution < 1.29 is 8.60 Å². The van der Waals surface area contributed by atoms with Crippen LogP contribution < -0.4 is 11.5 Å². The van der Waals surface area contributed by atoms with E-state index in [-0.39, 0.29) is 16.8 Å². The monoisotopic (exact) mass is 303 g/mol. The molecule has 0 spiro atoms. The van der Waals surface area contributed by atoms with E-state index in [0.29, 0.717) is 15.9 Å². The molecule has 2 heterocycles. The molecule has 0 saturated heterocycles. The van der Waals surface area contributed by atoms with Crippen LogP contribution in [0.1, 0.15) is 0 Å². The maximum Gasteiger partial charge on any atom is 0.222 e. The Balaban J connectivity index is 2.08. The number of pyridine rings is 1. The fraction of sp³-hybridized carbons (Fsp3) is 0. The van der Waals surface area contributed by atoms with Gasteiger partial charge in [-0.3, -0.25) is 0 Å². The van der Waals surface area contributed by atoms with Crippen LogP contribution in [0.4, 0.5) is 16.2 Å². The standard InChI is InChI=1S/C13H10FN5OS/c14-7-1-3-8(4-2-7)21(20)10-6-5-9-11(18-10)12(15)19-13(16)17-9/h1-6H,(H4,15,16,17,19). The highest BCUT2D eigenvalue weighted by Crippen LogP contribution is 2.21. The first-order valence-electron chi connectivity index (χ1n) is 5.91. The Morgan fingerprint density at radius 1 is 0.952 bits per heavy atom.